The van der Waals surface area contributed by atoms with Gasteiger partial charge in [0.15, 0.2) is 5.69 Å². The Morgan fingerprint density at radius 1 is 1.14 bits per heavy atom. The van der Waals surface area contributed by atoms with E-state index in [0.29, 0.717) is 0 Å². The van der Waals surface area contributed by atoms with Gasteiger partial charge in [0.25, 0.3) is 5.91 Å². The first-order valence-corrected chi connectivity index (χ1v) is 12.5. The van der Waals surface area contributed by atoms with Gasteiger partial charge in [-0.25, -0.2) is 0 Å². The predicted octanol–water partition coefficient (Wildman–Crippen LogP) is 5.49. The Bertz CT molecular complexity index is 1210. The van der Waals surface area contributed by atoms with E-state index in [4.69, 9.17) is 4.74 Å². The molecule has 2 atom stereocenters. The summed E-state index contributed by atoms with van der Waals surface area (Å²) >= 11 is 0. The number of hydrogen-bond donors (Lipinski definition) is 1. The largest absolute Gasteiger partial charge is 0.460 e. The van der Waals surface area contributed by atoms with Gasteiger partial charge < -0.3 is 10.1 Å². The van der Waals surface area contributed by atoms with Gasteiger partial charge in [-0.3, -0.25) is 19.1 Å². The Labute approximate surface area is 213 Å². The summed E-state index contributed by atoms with van der Waals surface area (Å²) in [5.74, 6) is -1.91. The van der Waals surface area contributed by atoms with Crippen LogP contribution in [0, 0.1) is 5.92 Å². The minimum atomic E-state index is -4.58. The lowest BCUT2D eigenvalue weighted by atomic mass is 10.0. The molecule has 2 aliphatic rings. The molecular formula is C27H32F3N3O4. The van der Waals surface area contributed by atoms with Gasteiger partial charge in [0.05, 0.1) is 29.3 Å². The topological polar surface area (TPSA) is 90.3 Å². The quantitative estimate of drug-likeness (QED) is 0.489. The third-order valence-corrected chi connectivity index (χ3v) is 6.96. The number of nitrogens with zero attached hydrogens (tertiary/aromatic N) is 2. The lowest BCUT2D eigenvalue weighted by molar-refractivity contribution is -0.155. The number of nitrogens with one attached hydrogen (secondary N) is 1. The summed E-state index contributed by atoms with van der Waals surface area (Å²) in [6.45, 7) is 6.57. The number of benzene rings is 1. The van der Waals surface area contributed by atoms with Crippen LogP contribution in [-0.2, 0) is 20.5 Å². The number of carbonyl (C=O) groups excluding carboxylic acids is 3. The van der Waals surface area contributed by atoms with Crippen LogP contribution in [0.4, 0.5) is 13.2 Å². The Kier molecular flexibility index (Phi) is 6.98. The first kappa shape index (κ1) is 26.9. The average Bonchev–Trinajstić information content (AvgIpc) is 3.15. The first-order valence-electron chi connectivity index (χ1n) is 12.5. The summed E-state index contributed by atoms with van der Waals surface area (Å²) in [5.41, 5.74) is -2.54. The molecule has 7 nitrogen and oxygen atoms in total. The molecule has 2 fully saturated rings. The van der Waals surface area contributed by atoms with Gasteiger partial charge in [-0.15, -0.1) is 0 Å². The van der Waals surface area contributed by atoms with E-state index in [1.165, 1.54) is 35.9 Å². The molecule has 0 bridgehead atoms. The van der Waals surface area contributed by atoms with Crippen LogP contribution in [0.2, 0.25) is 0 Å². The second-order valence-corrected chi connectivity index (χ2v) is 11.1. The molecule has 200 valence electrons. The molecule has 1 aromatic heterocycles. The van der Waals surface area contributed by atoms with Gasteiger partial charge in [-0.05, 0) is 59.1 Å². The van der Waals surface area contributed by atoms with E-state index in [-0.39, 0.29) is 41.6 Å². The third kappa shape index (κ3) is 5.88. The summed E-state index contributed by atoms with van der Waals surface area (Å²) in [6, 6.07) is 6.48. The first-order chi connectivity index (χ1) is 17.2. The van der Waals surface area contributed by atoms with Crippen LogP contribution in [0.5, 0.6) is 0 Å². The second kappa shape index (κ2) is 9.61. The maximum atomic E-state index is 13.8. The smallest absolute Gasteiger partial charge is 0.417 e. The third-order valence-electron chi connectivity index (χ3n) is 6.96. The van der Waals surface area contributed by atoms with Crippen LogP contribution in [0.3, 0.4) is 0 Å². The molecular weight excluding hydrogens is 487 g/mol. The molecule has 0 aliphatic heterocycles. The van der Waals surface area contributed by atoms with Crippen molar-refractivity contribution >= 4 is 17.7 Å². The molecule has 0 unspecified atom stereocenters. The fourth-order valence-corrected chi connectivity index (χ4v) is 5.23. The molecule has 2 aliphatic carbocycles. The molecule has 1 N–H and O–H groups in total. The van der Waals surface area contributed by atoms with Crippen molar-refractivity contribution in [2.24, 2.45) is 5.92 Å². The highest BCUT2D eigenvalue weighted by Crippen LogP contribution is 2.48. The number of ketones is 1. The molecule has 10 heteroatoms. The fraction of sp³-hybridized carbons (Fsp3) is 0.556. The molecule has 1 aromatic carbocycles. The highest BCUT2D eigenvalue weighted by Gasteiger charge is 2.59. The molecule has 2 aromatic rings. The van der Waals surface area contributed by atoms with Crippen LogP contribution >= 0.6 is 0 Å². The Morgan fingerprint density at radius 2 is 1.78 bits per heavy atom. The van der Waals surface area contributed by atoms with Crippen molar-refractivity contribution in [1.82, 2.24) is 15.1 Å². The van der Waals surface area contributed by atoms with Crippen molar-refractivity contribution in [3.63, 3.8) is 0 Å². The fourth-order valence-electron chi connectivity index (χ4n) is 5.23. The maximum Gasteiger partial charge on any atom is 0.417 e. The Morgan fingerprint density at radius 3 is 2.35 bits per heavy atom. The van der Waals surface area contributed by atoms with Gasteiger partial charge in [-0.1, -0.05) is 31.0 Å². The van der Waals surface area contributed by atoms with Crippen molar-refractivity contribution in [3.05, 3.63) is 41.6 Å². The zero-order chi connectivity index (χ0) is 27.2. The number of amides is 1. The van der Waals surface area contributed by atoms with E-state index in [1.54, 1.807) is 20.8 Å². The van der Waals surface area contributed by atoms with E-state index < -0.39 is 40.7 Å². The van der Waals surface area contributed by atoms with Crippen molar-refractivity contribution in [2.75, 3.05) is 0 Å². The Balaban J connectivity index is 1.67. The van der Waals surface area contributed by atoms with Gasteiger partial charge in [0.2, 0.25) is 0 Å². The average molecular weight is 520 g/mol. The molecule has 37 heavy (non-hydrogen) atoms. The molecule has 0 saturated heterocycles. The van der Waals surface area contributed by atoms with Crippen molar-refractivity contribution in [1.29, 1.82) is 0 Å². The Hall–Kier alpha value is -3.17. The van der Waals surface area contributed by atoms with E-state index >= 15 is 0 Å². The zero-order valence-corrected chi connectivity index (χ0v) is 21.4. The van der Waals surface area contributed by atoms with Gasteiger partial charge in [0, 0.05) is 11.5 Å². The minimum absolute atomic E-state index is 0.0510. The number of halogens is 3. The van der Waals surface area contributed by atoms with Crippen LogP contribution in [0.25, 0.3) is 11.3 Å². The number of alkyl halides is 3. The lowest BCUT2D eigenvalue weighted by Crippen LogP contribution is -2.42. The number of rotatable bonds is 7. The van der Waals surface area contributed by atoms with E-state index in [1.807, 2.05) is 0 Å². The van der Waals surface area contributed by atoms with Gasteiger partial charge in [0.1, 0.15) is 11.4 Å². The molecule has 0 radical (unpaired) electrons. The van der Waals surface area contributed by atoms with E-state index in [0.717, 1.165) is 31.7 Å². The summed E-state index contributed by atoms with van der Waals surface area (Å²) in [6.07, 6.45) is -1.15. The SMILES string of the molecule is CC(=O)[C@@H]1C[C@@]1(CC(=O)OC(C)(C)C)NC(=O)c1cc(-c2ccccc2C(F)(F)F)n(C2CCCC2)n1. The number of hydrogen-bond acceptors (Lipinski definition) is 5. The molecule has 1 heterocycles. The molecule has 0 spiro atoms. The molecule has 2 saturated carbocycles. The monoisotopic (exact) mass is 519 g/mol. The highest BCUT2D eigenvalue weighted by molar-refractivity contribution is 5.96. The standard InChI is InChI=1S/C27H32F3N3O4/c1-16(34)20-14-26(20,15-23(35)37-25(2,3)4)31-24(36)21-13-22(33(32-21)17-9-5-6-10-17)18-11-7-8-12-19(18)27(28,29)30/h7-8,11-13,17,20H,5-6,9-10,14-15H2,1-4H3,(H,31,36)/t20-,26-/m0/s1. The minimum Gasteiger partial charge on any atom is -0.460 e. The van der Waals surface area contributed by atoms with Gasteiger partial charge >= 0.3 is 12.1 Å². The second-order valence-electron chi connectivity index (χ2n) is 11.1. The van der Waals surface area contributed by atoms with Crippen LogP contribution in [0.1, 0.15) is 88.3 Å². The van der Waals surface area contributed by atoms with Gasteiger partial charge in [-0.2, -0.15) is 18.3 Å². The number of ether oxygens (including phenoxy) is 1. The van der Waals surface area contributed by atoms with Crippen LogP contribution in [0.15, 0.2) is 30.3 Å². The maximum absolute atomic E-state index is 13.8. The lowest BCUT2D eigenvalue weighted by Gasteiger charge is -2.23. The van der Waals surface area contributed by atoms with Crippen molar-refractivity contribution in [2.45, 2.75) is 89.6 Å². The molecule has 4 rings (SSSR count). The summed E-state index contributed by atoms with van der Waals surface area (Å²) in [7, 11) is 0. The van der Waals surface area contributed by atoms with E-state index in [2.05, 4.69) is 10.4 Å². The van der Waals surface area contributed by atoms with E-state index in [9.17, 15) is 27.6 Å². The summed E-state index contributed by atoms with van der Waals surface area (Å²) < 4.78 is 48.4. The highest BCUT2D eigenvalue weighted by atomic mass is 19.4. The number of Topliss-reactive ketones (excluding diaryl/α,β-unsaturated/α-hetero) is 1. The van der Waals surface area contributed by atoms with Crippen LogP contribution < -0.4 is 5.32 Å². The summed E-state index contributed by atoms with van der Waals surface area (Å²) in [5, 5.41) is 7.25. The number of aromatic nitrogens is 2. The van der Waals surface area contributed by atoms with Crippen molar-refractivity contribution < 1.29 is 32.3 Å². The zero-order valence-electron chi connectivity index (χ0n) is 21.4. The predicted molar refractivity (Wildman–Crippen MR) is 130 cm³/mol. The van der Waals surface area contributed by atoms with Crippen LogP contribution in [-0.4, -0.2) is 38.6 Å². The number of carbonyl (C=O) groups is 3. The normalized spacial score (nSPS) is 22.1. The van der Waals surface area contributed by atoms with Crippen molar-refractivity contribution in [3.8, 4) is 11.3 Å². The summed E-state index contributed by atoms with van der Waals surface area (Å²) in [4.78, 5) is 38.0. The number of esters is 1. The molecule has 1 amide bonds.